The summed E-state index contributed by atoms with van der Waals surface area (Å²) in [6.07, 6.45) is 11.2. The van der Waals surface area contributed by atoms with Crippen LogP contribution in [0.3, 0.4) is 0 Å². The molecule has 20 heavy (non-hydrogen) atoms. The lowest BCUT2D eigenvalue weighted by atomic mass is 9.83. The van der Waals surface area contributed by atoms with Crippen LogP contribution in [-0.2, 0) is 0 Å². The largest absolute Gasteiger partial charge is 0.0654 e. The van der Waals surface area contributed by atoms with E-state index in [1.54, 1.807) is 0 Å². The van der Waals surface area contributed by atoms with Crippen molar-refractivity contribution >= 4 is 0 Å². The molecule has 0 bridgehead atoms. The van der Waals surface area contributed by atoms with E-state index in [9.17, 15) is 0 Å². The second-order valence-electron chi connectivity index (χ2n) is 7.86. The molecule has 0 aromatic rings. The highest BCUT2D eigenvalue weighted by molar-refractivity contribution is 4.66. The molecule has 0 heterocycles. The normalized spacial score (nSPS) is 19.4. The van der Waals surface area contributed by atoms with Crippen LogP contribution < -0.4 is 0 Å². The number of rotatable bonds is 12. The van der Waals surface area contributed by atoms with Crippen LogP contribution in [0.1, 0.15) is 99.8 Å². The molecule has 0 saturated heterocycles. The highest BCUT2D eigenvalue weighted by atomic mass is 14.2. The van der Waals surface area contributed by atoms with Gasteiger partial charge in [-0.2, -0.15) is 0 Å². The molecule has 0 spiro atoms. The topological polar surface area (TPSA) is 0 Å². The molecule has 0 N–H and O–H groups in total. The van der Waals surface area contributed by atoms with Gasteiger partial charge in [-0.05, 0) is 36.0 Å². The third kappa shape index (κ3) is 9.83. The Kier molecular flexibility index (Phi) is 11.6. The molecule has 0 radical (unpaired) electrons. The summed E-state index contributed by atoms with van der Waals surface area (Å²) in [6, 6.07) is 0. The zero-order valence-electron chi connectivity index (χ0n) is 15.5. The van der Waals surface area contributed by atoms with Gasteiger partial charge in [0.25, 0.3) is 0 Å². The van der Waals surface area contributed by atoms with Crippen molar-refractivity contribution in [3.63, 3.8) is 0 Å². The van der Waals surface area contributed by atoms with Gasteiger partial charge in [0.2, 0.25) is 0 Å². The Balaban J connectivity index is 3.78. The van der Waals surface area contributed by atoms with Gasteiger partial charge in [-0.25, -0.2) is 0 Å². The van der Waals surface area contributed by atoms with Crippen LogP contribution in [0.2, 0.25) is 0 Å². The predicted molar refractivity (Wildman–Crippen MR) is 94.1 cm³/mol. The fourth-order valence-electron chi connectivity index (χ4n) is 3.27. The maximum atomic E-state index is 2.47. The van der Waals surface area contributed by atoms with E-state index in [2.05, 4.69) is 48.5 Å². The van der Waals surface area contributed by atoms with Crippen molar-refractivity contribution in [1.29, 1.82) is 0 Å². The second kappa shape index (κ2) is 11.6. The van der Waals surface area contributed by atoms with Crippen molar-refractivity contribution in [2.24, 2.45) is 29.6 Å². The van der Waals surface area contributed by atoms with Crippen LogP contribution in [0.4, 0.5) is 0 Å². The summed E-state index contributed by atoms with van der Waals surface area (Å²) in [5.41, 5.74) is 0. The minimum Gasteiger partial charge on any atom is -0.0654 e. The molecule has 122 valence electrons. The molecule has 0 rings (SSSR count). The molecule has 0 aromatic carbocycles. The third-order valence-electron chi connectivity index (χ3n) is 5.48. The molecule has 0 saturated carbocycles. The highest BCUT2D eigenvalue weighted by Crippen LogP contribution is 2.27. The van der Waals surface area contributed by atoms with Gasteiger partial charge < -0.3 is 0 Å². The Morgan fingerprint density at radius 1 is 0.550 bits per heavy atom. The molecule has 5 unspecified atom stereocenters. The first-order chi connectivity index (χ1) is 9.40. The summed E-state index contributed by atoms with van der Waals surface area (Å²) < 4.78 is 0. The lowest BCUT2D eigenvalue weighted by molar-refractivity contribution is 0.288. The van der Waals surface area contributed by atoms with Crippen molar-refractivity contribution in [2.45, 2.75) is 99.8 Å². The molecular formula is C20H42. The average molecular weight is 283 g/mol. The molecule has 0 aliphatic rings. The van der Waals surface area contributed by atoms with Crippen molar-refractivity contribution in [1.82, 2.24) is 0 Å². The van der Waals surface area contributed by atoms with Gasteiger partial charge in [0, 0.05) is 0 Å². The van der Waals surface area contributed by atoms with Crippen LogP contribution >= 0.6 is 0 Å². The smallest absolute Gasteiger partial charge is 0.0417 e. The maximum Gasteiger partial charge on any atom is -0.0417 e. The lowest BCUT2D eigenvalue weighted by Crippen LogP contribution is -2.11. The van der Waals surface area contributed by atoms with Crippen LogP contribution in [-0.4, -0.2) is 0 Å². The standard InChI is InChI=1S/C20H42/c1-8-10-19(6)20(7)14-13-18(5)15-17(4)12-11-16(3)9-2/h16-20H,8-15H2,1-7H3. The van der Waals surface area contributed by atoms with Crippen molar-refractivity contribution in [3.05, 3.63) is 0 Å². The van der Waals surface area contributed by atoms with Crippen LogP contribution in [0.15, 0.2) is 0 Å². The molecule has 0 aromatic heterocycles. The average Bonchev–Trinajstić information content (AvgIpc) is 2.42. The number of hydrogen-bond acceptors (Lipinski definition) is 0. The molecule has 5 atom stereocenters. The van der Waals surface area contributed by atoms with Gasteiger partial charge in [0.15, 0.2) is 0 Å². The zero-order valence-corrected chi connectivity index (χ0v) is 15.5. The van der Waals surface area contributed by atoms with E-state index in [0.29, 0.717) is 0 Å². The minimum atomic E-state index is 0.910. The van der Waals surface area contributed by atoms with Gasteiger partial charge in [-0.1, -0.05) is 93.4 Å². The van der Waals surface area contributed by atoms with Gasteiger partial charge >= 0.3 is 0 Å². The Morgan fingerprint density at radius 3 is 1.50 bits per heavy atom. The van der Waals surface area contributed by atoms with E-state index < -0.39 is 0 Å². The summed E-state index contributed by atoms with van der Waals surface area (Å²) in [4.78, 5) is 0. The van der Waals surface area contributed by atoms with E-state index in [0.717, 1.165) is 29.6 Å². The van der Waals surface area contributed by atoms with Crippen LogP contribution in [0.25, 0.3) is 0 Å². The molecule has 0 amide bonds. The zero-order chi connectivity index (χ0) is 15.5. The SMILES string of the molecule is CCCC(C)C(C)CCC(C)CC(C)CCC(C)CC. The van der Waals surface area contributed by atoms with E-state index in [1.165, 1.54) is 51.4 Å². The molecule has 0 aliphatic heterocycles. The minimum absolute atomic E-state index is 0.910. The van der Waals surface area contributed by atoms with E-state index in [4.69, 9.17) is 0 Å². The Hall–Kier alpha value is 0. The summed E-state index contributed by atoms with van der Waals surface area (Å²) in [5, 5.41) is 0. The van der Waals surface area contributed by atoms with Crippen molar-refractivity contribution in [2.75, 3.05) is 0 Å². The predicted octanol–water partition coefficient (Wildman–Crippen LogP) is 7.33. The first kappa shape index (κ1) is 20.0. The highest BCUT2D eigenvalue weighted by Gasteiger charge is 2.15. The summed E-state index contributed by atoms with van der Waals surface area (Å²) in [5.74, 6) is 4.58. The van der Waals surface area contributed by atoms with Crippen molar-refractivity contribution < 1.29 is 0 Å². The number of hydrogen-bond donors (Lipinski definition) is 0. The van der Waals surface area contributed by atoms with E-state index >= 15 is 0 Å². The molecular weight excluding hydrogens is 240 g/mol. The quantitative estimate of drug-likeness (QED) is 0.351. The maximum absolute atomic E-state index is 2.47. The Bertz CT molecular complexity index is 208. The molecule has 0 nitrogen and oxygen atoms in total. The van der Waals surface area contributed by atoms with Crippen molar-refractivity contribution in [3.8, 4) is 0 Å². The van der Waals surface area contributed by atoms with Gasteiger partial charge in [-0.3, -0.25) is 0 Å². The summed E-state index contributed by atoms with van der Waals surface area (Å²) in [7, 11) is 0. The first-order valence-corrected chi connectivity index (χ1v) is 9.40. The summed E-state index contributed by atoms with van der Waals surface area (Å²) in [6.45, 7) is 16.8. The Morgan fingerprint density at radius 2 is 1.00 bits per heavy atom. The van der Waals surface area contributed by atoms with E-state index in [-0.39, 0.29) is 0 Å². The molecule has 0 aliphatic carbocycles. The van der Waals surface area contributed by atoms with Crippen LogP contribution in [0, 0.1) is 29.6 Å². The second-order valence-corrected chi connectivity index (χ2v) is 7.86. The van der Waals surface area contributed by atoms with Gasteiger partial charge in [0.05, 0.1) is 0 Å². The van der Waals surface area contributed by atoms with Gasteiger partial charge in [0.1, 0.15) is 0 Å². The Labute approximate surface area is 130 Å². The fourth-order valence-corrected chi connectivity index (χ4v) is 3.27. The third-order valence-corrected chi connectivity index (χ3v) is 5.48. The molecule has 0 fully saturated rings. The first-order valence-electron chi connectivity index (χ1n) is 9.40. The lowest BCUT2D eigenvalue weighted by Gasteiger charge is -2.23. The van der Waals surface area contributed by atoms with E-state index in [1.807, 2.05) is 0 Å². The van der Waals surface area contributed by atoms with Crippen LogP contribution in [0.5, 0.6) is 0 Å². The monoisotopic (exact) mass is 282 g/mol. The fraction of sp³-hybridized carbons (Fsp3) is 1.00. The molecule has 0 heteroatoms. The van der Waals surface area contributed by atoms with Gasteiger partial charge in [-0.15, -0.1) is 0 Å². The summed E-state index contributed by atoms with van der Waals surface area (Å²) >= 11 is 0.